The number of benzene rings is 8. The van der Waals surface area contributed by atoms with Gasteiger partial charge in [0.05, 0.1) is 11.4 Å². The van der Waals surface area contributed by atoms with Crippen LogP contribution in [0.4, 0.5) is 34.1 Å². The molecule has 58 heavy (non-hydrogen) atoms. The van der Waals surface area contributed by atoms with Gasteiger partial charge in [-0.2, -0.15) is 0 Å². The van der Waals surface area contributed by atoms with Gasteiger partial charge in [-0.3, -0.25) is 0 Å². The average molecular weight is 765 g/mol. The van der Waals surface area contributed by atoms with Crippen LogP contribution in [0.2, 0.25) is 0 Å². The van der Waals surface area contributed by atoms with Crippen LogP contribution in [-0.4, -0.2) is 0 Å². The van der Waals surface area contributed by atoms with Crippen LogP contribution in [0, 0.1) is 0 Å². The second kappa shape index (κ2) is 12.0. The van der Waals surface area contributed by atoms with Crippen molar-refractivity contribution in [1.29, 1.82) is 0 Å². The van der Waals surface area contributed by atoms with Crippen molar-refractivity contribution in [3.8, 4) is 11.1 Å². The molecule has 4 heteroatoms. The van der Waals surface area contributed by atoms with Crippen LogP contribution in [0.3, 0.4) is 0 Å². The molecule has 0 saturated carbocycles. The Morgan fingerprint density at radius 1 is 0.466 bits per heavy atom. The minimum atomic E-state index is -0.376. The molecule has 1 aliphatic carbocycles. The zero-order valence-corrected chi connectivity index (χ0v) is 33.7. The van der Waals surface area contributed by atoms with E-state index in [0.29, 0.717) is 0 Å². The van der Waals surface area contributed by atoms with Crippen LogP contribution in [0.15, 0.2) is 174 Å². The van der Waals surface area contributed by atoms with Crippen LogP contribution in [0.1, 0.15) is 49.9 Å². The van der Waals surface area contributed by atoms with E-state index < -0.39 is 0 Å². The zero-order valence-electron chi connectivity index (χ0n) is 32.9. The third-order valence-corrected chi connectivity index (χ3v) is 14.1. The molecule has 0 radical (unpaired) electrons. The highest BCUT2D eigenvalue weighted by Crippen LogP contribution is 2.57. The fourth-order valence-electron chi connectivity index (χ4n) is 10.2. The lowest BCUT2D eigenvalue weighted by Gasteiger charge is -2.43. The molecule has 3 heterocycles. The molecule has 0 amide bonds. The lowest BCUT2D eigenvalue weighted by molar-refractivity contribution is 0.634. The fourth-order valence-corrected chi connectivity index (χ4v) is 11.3. The maximum Gasteiger partial charge on any atom is 0.135 e. The van der Waals surface area contributed by atoms with Gasteiger partial charge in [0.1, 0.15) is 11.2 Å². The third-order valence-electron chi connectivity index (χ3n) is 13.0. The van der Waals surface area contributed by atoms with E-state index in [-0.39, 0.29) is 10.8 Å². The summed E-state index contributed by atoms with van der Waals surface area (Å²) in [4.78, 5) is 4.93. The van der Waals surface area contributed by atoms with Crippen molar-refractivity contribution in [2.24, 2.45) is 0 Å². The van der Waals surface area contributed by atoms with Crippen molar-refractivity contribution in [2.45, 2.75) is 38.5 Å². The molecule has 0 unspecified atom stereocenters. The summed E-state index contributed by atoms with van der Waals surface area (Å²) in [5.41, 5.74) is 16.2. The molecule has 0 fully saturated rings. The minimum absolute atomic E-state index is 0.127. The molecular weight excluding hydrogens is 725 g/mol. The third kappa shape index (κ3) is 4.61. The number of rotatable bonds is 4. The summed E-state index contributed by atoms with van der Waals surface area (Å²) < 4.78 is 9.14. The van der Waals surface area contributed by atoms with E-state index in [1.165, 1.54) is 70.3 Å². The van der Waals surface area contributed by atoms with Gasteiger partial charge in [-0.15, -0.1) is 11.3 Å². The van der Waals surface area contributed by atoms with Crippen molar-refractivity contribution in [1.82, 2.24) is 0 Å². The number of hydrogen-bond donors (Lipinski definition) is 0. The topological polar surface area (TPSA) is 19.6 Å². The molecule has 10 aromatic rings. The Morgan fingerprint density at radius 2 is 1.10 bits per heavy atom. The summed E-state index contributed by atoms with van der Waals surface area (Å²) in [6, 6.07) is 62.6. The van der Waals surface area contributed by atoms with Gasteiger partial charge in [0.2, 0.25) is 0 Å². The number of furan rings is 1. The predicted octanol–water partition coefficient (Wildman–Crippen LogP) is 15.8. The molecule has 0 spiro atoms. The van der Waals surface area contributed by atoms with E-state index in [0.717, 1.165) is 39.3 Å². The van der Waals surface area contributed by atoms with Crippen molar-refractivity contribution < 1.29 is 4.42 Å². The first-order chi connectivity index (χ1) is 28.3. The van der Waals surface area contributed by atoms with Crippen molar-refractivity contribution in [3.63, 3.8) is 0 Å². The van der Waals surface area contributed by atoms with Gasteiger partial charge in [-0.05, 0) is 118 Å². The second-order valence-electron chi connectivity index (χ2n) is 16.9. The fraction of sp³-hybridized carbons (Fsp3) is 0.111. The van der Waals surface area contributed by atoms with Crippen LogP contribution in [-0.2, 0) is 10.8 Å². The molecule has 0 N–H and O–H groups in total. The second-order valence-corrected chi connectivity index (χ2v) is 18.0. The molecule has 8 aromatic carbocycles. The number of anilines is 6. The first-order valence-corrected chi connectivity index (χ1v) is 21.0. The molecule has 278 valence electrons. The molecule has 3 nitrogen and oxygen atoms in total. The highest BCUT2D eigenvalue weighted by atomic mass is 32.1. The quantitative estimate of drug-likeness (QED) is 0.178. The molecule has 12 rings (SSSR count). The maximum atomic E-state index is 6.53. The smallest absolute Gasteiger partial charge is 0.135 e. The molecule has 2 aliphatic rings. The van der Waals surface area contributed by atoms with E-state index in [4.69, 9.17) is 4.42 Å². The van der Waals surface area contributed by atoms with E-state index in [2.05, 4.69) is 207 Å². The number of thiophene rings is 1. The van der Waals surface area contributed by atoms with E-state index in [9.17, 15) is 0 Å². The van der Waals surface area contributed by atoms with Crippen molar-refractivity contribution >= 4 is 87.6 Å². The lowest BCUT2D eigenvalue weighted by atomic mass is 9.71. The number of fused-ring (bicyclic) bond motifs is 12. The maximum absolute atomic E-state index is 6.53. The standard InChI is InChI=1S/C54H40N2OS/c1-53(2)42-19-11-8-16-37(42)38-25-22-35(31-43(38)53)55(34-24-29-50-41(30-34)39-17-10-13-21-49(39)58-50)36-23-26-45-44(32-36)54(3,4)52-46(56(45)33-14-6-5-7-15-33)27-28-48-51(52)40-18-9-12-20-47(40)57-48/h5-32H,1-4H3. The van der Waals surface area contributed by atoms with Crippen LogP contribution < -0.4 is 9.80 Å². The summed E-state index contributed by atoms with van der Waals surface area (Å²) in [5, 5.41) is 4.92. The summed E-state index contributed by atoms with van der Waals surface area (Å²) in [6.07, 6.45) is 0. The van der Waals surface area contributed by atoms with Crippen LogP contribution >= 0.6 is 11.3 Å². The number of para-hydroxylation sites is 2. The van der Waals surface area contributed by atoms with Gasteiger partial charge >= 0.3 is 0 Å². The molecule has 0 bridgehead atoms. The molecule has 0 atom stereocenters. The number of nitrogens with zero attached hydrogens (tertiary/aromatic N) is 2. The SMILES string of the molecule is CC1(C)c2ccccc2-c2ccc(N(c3ccc4c(c3)C(C)(C)c3c(ccc5oc6ccccc6c35)N4c3ccccc3)c3ccc4sc5ccccc5c4c3)cc21. The summed E-state index contributed by atoms with van der Waals surface area (Å²) in [6.45, 7) is 9.52. The first kappa shape index (κ1) is 33.5. The highest BCUT2D eigenvalue weighted by molar-refractivity contribution is 7.25. The minimum Gasteiger partial charge on any atom is -0.456 e. The lowest BCUT2D eigenvalue weighted by Crippen LogP contribution is -2.31. The Morgan fingerprint density at radius 3 is 1.97 bits per heavy atom. The summed E-state index contributed by atoms with van der Waals surface area (Å²) in [5.74, 6) is 0. The van der Waals surface area contributed by atoms with Gasteiger partial charge in [0.25, 0.3) is 0 Å². The molecule has 0 saturated heterocycles. The Hall–Kier alpha value is -6.62. The number of hydrogen-bond acceptors (Lipinski definition) is 4. The van der Waals surface area contributed by atoms with E-state index >= 15 is 0 Å². The van der Waals surface area contributed by atoms with Crippen molar-refractivity contribution in [2.75, 3.05) is 9.80 Å². The Balaban J connectivity index is 1.12. The van der Waals surface area contributed by atoms with E-state index in [1.807, 2.05) is 11.3 Å². The van der Waals surface area contributed by atoms with Crippen molar-refractivity contribution in [3.05, 3.63) is 192 Å². The van der Waals surface area contributed by atoms with Gasteiger partial charge in [0.15, 0.2) is 0 Å². The predicted molar refractivity (Wildman–Crippen MR) is 246 cm³/mol. The molecular formula is C54H40N2OS. The van der Waals surface area contributed by atoms with Gasteiger partial charge in [0, 0.05) is 64.5 Å². The average Bonchev–Trinajstić information content (AvgIpc) is 3.89. The van der Waals surface area contributed by atoms with E-state index in [1.54, 1.807) is 0 Å². The monoisotopic (exact) mass is 764 g/mol. The van der Waals surface area contributed by atoms with Gasteiger partial charge in [-0.25, -0.2) is 0 Å². The summed E-state index contributed by atoms with van der Waals surface area (Å²) in [7, 11) is 0. The largest absolute Gasteiger partial charge is 0.456 e. The molecule has 1 aliphatic heterocycles. The first-order valence-electron chi connectivity index (χ1n) is 20.2. The van der Waals surface area contributed by atoms with Gasteiger partial charge < -0.3 is 14.2 Å². The summed E-state index contributed by atoms with van der Waals surface area (Å²) >= 11 is 1.86. The van der Waals surface area contributed by atoms with Crippen LogP contribution in [0.5, 0.6) is 0 Å². The Bertz CT molecular complexity index is 3310. The van der Waals surface area contributed by atoms with Crippen LogP contribution in [0.25, 0.3) is 53.2 Å². The normalized spacial score (nSPS) is 14.8. The highest BCUT2D eigenvalue weighted by Gasteiger charge is 2.41. The Labute approximate surface area is 342 Å². The molecule has 2 aromatic heterocycles. The Kier molecular flexibility index (Phi) is 6.91. The van der Waals surface area contributed by atoms with Gasteiger partial charge in [-0.1, -0.05) is 113 Å². The zero-order chi connectivity index (χ0) is 38.9.